The van der Waals surface area contributed by atoms with Gasteiger partial charge in [-0.2, -0.15) is 0 Å². The van der Waals surface area contributed by atoms with Gasteiger partial charge in [-0.3, -0.25) is 14.9 Å². The number of hydrogen-bond acceptors (Lipinski definition) is 5. The summed E-state index contributed by atoms with van der Waals surface area (Å²) in [7, 11) is 1.59. The lowest BCUT2D eigenvalue weighted by molar-refractivity contribution is -0.132. The van der Waals surface area contributed by atoms with Crippen molar-refractivity contribution in [2.75, 3.05) is 31.6 Å². The molecule has 158 valence electrons. The second-order valence-electron chi connectivity index (χ2n) is 7.65. The topological polar surface area (TPSA) is 91.0 Å². The summed E-state index contributed by atoms with van der Waals surface area (Å²) in [6, 6.07) is 5.37. The number of piperazine rings is 1. The van der Waals surface area contributed by atoms with Crippen molar-refractivity contribution in [3.8, 4) is 5.75 Å². The summed E-state index contributed by atoms with van der Waals surface area (Å²) in [5.41, 5.74) is -0.0125. The van der Waals surface area contributed by atoms with Crippen molar-refractivity contribution in [1.82, 2.24) is 15.5 Å². The number of rotatable bonds is 6. The van der Waals surface area contributed by atoms with Crippen molar-refractivity contribution in [3.63, 3.8) is 0 Å². The van der Waals surface area contributed by atoms with Gasteiger partial charge in [0.05, 0.1) is 12.1 Å². The molecule has 1 aromatic rings. The first kappa shape index (κ1) is 21.2. The largest absolute Gasteiger partial charge is 0.495 e. The minimum atomic E-state index is -1.03. The summed E-state index contributed by atoms with van der Waals surface area (Å²) >= 11 is 6.14. The normalized spacial score (nSPS) is 24.3. The van der Waals surface area contributed by atoms with Gasteiger partial charge in [0.2, 0.25) is 5.91 Å². The Bertz CT molecular complexity index is 818. The van der Waals surface area contributed by atoms with E-state index in [2.05, 4.69) is 22.5 Å². The van der Waals surface area contributed by atoms with E-state index in [0.29, 0.717) is 30.4 Å². The number of halogens is 1. The number of hydrogen-bond donors (Lipinski definition) is 2. The fraction of sp³-hybridized carbons (Fsp3) is 0.550. The second kappa shape index (κ2) is 8.49. The van der Waals surface area contributed by atoms with E-state index in [1.54, 1.807) is 14.0 Å². The maximum atomic E-state index is 12.8. The molecule has 29 heavy (non-hydrogen) atoms. The minimum Gasteiger partial charge on any atom is -0.495 e. The van der Waals surface area contributed by atoms with Crippen molar-refractivity contribution in [3.05, 3.63) is 23.2 Å². The number of imide groups is 1. The molecule has 0 saturated carbocycles. The number of anilines is 1. The molecule has 9 heteroatoms. The summed E-state index contributed by atoms with van der Waals surface area (Å²) in [5, 5.41) is 5.39. The quantitative estimate of drug-likeness (QED) is 0.685. The molecule has 0 unspecified atom stereocenters. The highest BCUT2D eigenvalue weighted by Crippen LogP contribution is 2.32. The Labute approximate surface area is 175 Å². The number of amides is 4. The van der Waals surface area contributed by atoms with Crippen molar-refractivity contribution in [2.45, 2.75) is 44.7 Å². The van der Waals surface area contributed by atoms with Gasteiger partial charge in [0.15, 0.2) is 0 Å². The number of carbonyl (C=O) groups is 3. The van der Waals surface area contributed by atoms with Crippen LogP contribution in [0.15, 0.2) is 18.2 Å². The zero-order valence-corrected chi connectivity index (χ0v) is 17.7. The Morgan fingerprint density at radius 3 is 2.72 bits per heavy atom. The Hall–Kier alpha value is -2.48. The van der Waals surface area contributed by atoms with Gasteiger partial charge in [0.1, 0.15) is 11.3 Å². The first-order chi connectivity index (χ1) is 13.8. The lowest BCUT2D eigenvalue weighted by Crippen LogP contribution is -2.55. The fourth-order valence-electron chi connectivity index (χ4n) is 3.87. The fourth-order valence-corrected chi connectivity index (χ4v) is 4.06. The second-order valence-corrected chi connectivity index (χ2v) is 8.06. The zero-order valence-electron chi connectivity index (χ0n) is 17.0. The average molecular weight is 423 g/mol. The third-order valence-electron chi connectivity index (χ3n) is 5.73. The van der Waals surface area contributed by atoms with Crippen molar-refractivity contribution < 1.29 is 19.1 Å². The predicted molar refractivity (Wildman–Crippen MR) is 110 cm³/mol. The standard InChI is InChI=1S/C20H27ClN4O4/c1-4-13-12-24(17(26)7-8-20(2)18(27)22-19(28)23-20)9-10-25(13)14-5-6-15(21)16(11-14)29-3/h5-6,11,13H,4,7-10,12H2,1-3H3,(H2,22,23,27,28)/t13-,20+/m0/s1. The number of methoxy groups -OCH3 is 1. The van der Waals surface area contributed by atoms with E-state index in [-0.39, 0.29) is 30.7 Å². The van der Waals surface area contributed by atoms with E-state index >= 15 is 0 Å². The van der Waals surface area contributed by atoms with E-state index < -0.39 is 11.6 Å². The predicted octanol–water partition coefficient (Wildman–Crippen LogP) is 2.15. The van der Waals surface area contributed by atoms with Crippen LogP contribution >= 0.6 is 11.6 Å². The Balaban J connectivity index is 1.62. The number of urea groups is 1. The highest BCUT2D eigenvalue weighted by Gasteiger charge is 2.42. The maximum absolute atomic E-state index is 12.8. The molecular formula is C20H27ClN4O4. The highest BCUT2D eigenvalue weighted by atomic mass is 35.5. The molecule has 2 aliphatic heterocycles. The van der Waals surface area contributed by atoms with E-state index in [0.717, 1.165) is 12.1 Å². The van der Waals surface area contributed by atoms with Gasteiger partial charge in [-0.15, -0.1) is 0 Å². The summed E-state index contributed by atoms with van der Waals surface area (Å²) < 4.78 is 5.33. The number of nitrogens with zero attached hydrogens (tertiary/aromatic N) is 2. The third kappa shape index (κ3) is 4.42. The minimum absolute atomic E-state index is 0.00744. The van der Waals surface area contributed by atoms with E-state index in [9.17, 15) is 14.4 Å². The van der Waals surface area contributed by atoms with Crippen LogP contribution in [-0.4, -0.2) is 61.1 Å². The molecule has 3 rings (SSSR count). The summed E-state index contributed by atoms with van der Waals surface area (Å²) in [5.74, 6) is 0.234. The molecule has 0 aromatic heterocycles. The van der Waals surface area contributed by atoms with Crippen LogP contribution < -0.4 is 20.3 Å². The maximum Gasteiger partial charge on any atom is 0.322 e. The third-order valence-corrected chi connectivity index (χ3v) is 6.04. The van der Waals surface area contributed by atoms with Gasteiger partial charge in [-0.05, 0) is 31.9 Å². The lowest BCUT2D eigenvalue weighted by Gasteiger charge is -2.43. The number of benzene rings is 1. The molecule has 2 saturated heterocycles. The van der Waals surface area contributed by atoms with Gasteiger partial charge < -0.3 is 19.9 Å². The smallest absolute Gasteiger partial charge is 0.322 e. The average Bonchev–Trinajstić information content (AvgIpc) is 2.97. The van der Waals surface area contributed by atoms with Crippen LogP contribution in [0, 0.1) is 0 Å². The van der Waals surface area contributed by atoms with Crippen molar-refractivity contribution in [1.29, 1.82) is 0 Å². The van der Waals surface area contributed by atoms with Crippen molar-refractivity contribution in [2.24, 2.45) is 0 Å². The van der Waals surface area contributed by atoms with Crippen LogP contribution in [-0.2, 0) is 9.59 Å². The SMILES string of the molecule is CC[C@H]1CN(C(=O)CC[C@@]2(C)NC(=O)NC2=O)CCN1c1ccc(Cl)c(OC)c1. The van der Waals surface area contributed by atoms with Crippen LogP contribution in [0.2, 0.25) is 5.02 Å². The molecule has 2 aliphatic rings. The van der Waals surface area contributed by atoms with Gasteiger partial charge in [-0.1, -0.05) is 18.5 Å². The zero-order chi connectivity index (χ0) is 21.2. The van der Waals surface area contributed by atoms with Gasteiger partial charge >= 0.3 is 6.03 Å². The summed E-state index contributed by atoms with van der Waals surface area (Å²) in [6.07, 6.45) is 1.36. The molecule has 0 radical (unpaired) electrons. The monoisotopic (exact) mass is 422 g/mol. The van der Waals surface area contributed by atoms with Crippen LogP contribution in [0.5, 0.6) is 5.75 Å². The Morgan fingerprint density at radius 1 is 1.34 bits per heavy atom. The van der Waals surface area contributed by atoms with Gasteiger partial charge in [0, 0.05) is 43.9 Å². The van der Waals surface area contributed by atoms with Gasteiger partial charge in [0.25, 0.3) is 5.91 Å². The Kier molecular flexibility index (Phi) is 6.21. The van der Waals surface area contributed by atoms with Crippen LogP contribution in [0.1, 0.15) is 33.1 Å². The van der Waals surface area contributed by atoms with Crippen LogP contribution in [0.4, 0.5) is 10.5 Å². The summed E-state index contributed by atoms with van der Waals surface area (Å²) in [4.78, 5) is 40.2. The molecule has 2 heterocycles. The molecule has 2 atom stereocenters. The molecule has 2 N–H and O–H groups in total. The first-order valence-electron chi connectivity index (χ1n) is 9.79. The lowest BCUT2D eigenvalue weighted by atomic mass is 9.95. The van der Waals surface area contributed by atoms with E-state index in [1.807, 2.05) is 23.1 Å². The van der Waals surface area contributed by atoms with Gasteiger partial charge in [-0.25, -0.2) is 4.79 Å². The first-order valence-corrected chi connectivity index (χ1v) is 10.2. The van der Waals surface area contributed by atoms with Crippen molar-refractivity contribution >= 4 is 35.1 Å². The molecule has 0 bridgehead atoms. The number of carbonyl (C=O) groups excluding carboxylic acids is 3. The number of nitrogens with one attached hydrogen (secondary N) is 2. The molecule has 0 spiro atoms. The van der Waals surface area contributed by atoms with Crippen LogP contribution in [0.25, 0.3) is 0 Å². The molecule has 1 aromatic carbocycles. The van der Waals surface area contributed by atoms with E-state index in [1.165, 1.54) is 0 Å². The Morgan fingerprint density at radius 2 is 2.10 bits per heavy atom. The molecule has 4 amide bonds. The van der Waals surface area contributed by atoms with Crippen LogP contribution in [0.3, 0.4) is 0 Å². The summed E-state index contributed by atoms with van der Waals surface area (Å²) in [6.45, 7) is 5.63. The molecule has 2 fully saturated rings. The highest BCUT2D eigenvalue weighted by molar-refractivity contribution is 6.32. The van der Waals surface area contributed by atoms with E-state index in [4.69, 9.17) is 16.3 Å². The number of ether oxygens (including phenoxy) is 1. The molecule has 0 aliphatic carbocycles. The molecular weight excluding hydrogens is 396 g/mol. The molecule has 8 nitrogen and oxygen atoms in total.